The van der Waals surface area contributed by atoms with Gasteiger partial charge in [0, 0.05) is 24.8 Å². The number of benzene rings is 1. The van der Waals surface area contributed by atoms with Gasteiger partial charge in [0.05, 0.1) is 19.3 Å². The predicted molar refractivity (Wildman–Crippen MR) is 77.3 cm³/mol. The van der Waals surface area contributed by atoms with Crippen LogP contribution < -0.4 is 14.8 Å². The van der Waals surface area contributed by atoms with Gasteiger partial charge in [0.2, 0.25) is 0 Å². The maximum Gasteiger partial charge on any atom is 0.161 e. The van der Waals surface area contributed by atoms with Crippen LogP contribution in [0.5, 0.6) is 11.5 Å². The molecule has 2 N–H and O–H groups in total. The van der Waals surface area contributed by atoms with Crippen LogP contribution in [0.3, 0.4) is 0 Å². The van der Waals surface area contributed by atoms with E-state index in [9.17, 15) is 0 Å². The Morgan fingerprint density at radius 3 is 2.81 bits per heavy atom. The molecule has 112 valence electrons. The molecular formula is C15H19N3O3. The summed E-state index contributed by atoms with van der Waals surface area (Å²) in [7, 11) is 0. The lowest BCUT2D eigenvalue weighted by atomic mass is 10.2. The van der Waals surface area contributed by atoms with Crippen LogP contribution in [0.2, 0.25) is 0 Å². The van der Waals surface area contributed by atoms with Gasteiger partial charge in [-0.1, -0.05) is 6.07 Å². The Morgan fingerprint density at radius 2 is 1.95 bits per heavy atom. The van der Waals surface area contributed by atoms with Crippen LogP contribution in [0.25, 0.3) is 0 Å². The van der Waals surface area contributed by atoms with Crippen molar-refractivity contribution in [2.45, 2.75) is 19.6 Å². The lowest BCUT2D eigenvalue weighted by Gasteiger charge is -2.18. The summed E-state index contributed by atoms with van der Waals surface area (Å²) in [5, 5.41) is 16.4. The first-order chi connectivity index (χ1) is 10.3. The molecule has 0 fully saturated rings. The van der Waals surface area contributed by atoms with Crippen molar-refractivity contribution in [1.82, 2.24) is 15.1 Å². The molecule has 0 spiro atoms. The average Bonchev–Trinajstić information content (AvgIpc) is 2.95. The highest BCUT2D eigenvalue weighted by molar-refractivity contribution is 5.43. The summed E-state index contributed by atoms with van der Waals surface area (Å²) in [4.78, 5) is 0. The van der Waals surface area contributed by atoms with E-state index in [1.165, 1.54) is 0 Å². The third-order valence-electron chi connectivity index (χ3n) is 3.28. The third-order valence-corrected chi connectivity index (χ3v) is 3.28. The van der Waals surface area contributed by atoms with Crippen molar-refractivity contribution in [2.75, 3.05) is 19.8 Å². The van der Waals surface area contributed by atoms with E-state index in [1.807, 2.05) is 30.6 Å². The van der Waals surface area contributed by atoms with Gasteiger partial charge in [-0.15, -0.1) is 0 Å². The minimum atomic E-state index is 0.103. The number of hydrogen-bond donors (Lipinski definition) is 2. The lowest BCUT2D eigenvalue weighted by molar-refractivity contribution is 0.171. The van der Waals surface area contributed by atoms with E-state index >= 15 is 0 Å². The number of aliphatic hydroxyl groups excluding tert-OH is 1. The van der Waals surface area contributed by atoms with Gasteiger partial charge in [-0.05, 0) is 17.7 Å². The zero-order chi connectivity index (χ0) is 14.5. The monoisotopic (exact) mass is 289 g/mol. The van der Waals surface area contributed by atoms with Gasteiger partial charge in [-0.25, -0.2) is 0 Å². The van der Waals surface area contributed by atoms with Crippen molar-refractivity contribution in [3.63, 3.8) is 0 Å². The van der Waals surface area contributed by atoms with Gasteiger partial charge in [0.25, 0.3) is 0 Å². The van der Waals surface area contributed by atoms with E-state index in [2.05, 4.69) is 10.4 Å². The highest BCUT2D eigenvalue weighted by Gasteiger charge is 2.11. The molecule has 0 atom stereocenters. The van der Waals surface area contributed by atoms with Crippen LogP contribution in [0.15, 0.2) is 30.6 Å². The number of nitrogens with one attached hydrogen (secondary N) is 1. The van der Waals surface area contributed by atoms with Gasteiger partial charge in [0.15, 0.2) is 11.5 Å². The van der Waals surface area contributed by atoms with Gasteiger partial charge in [0.1, 0.15) is 13.2 Å². The number of ether oxygens (including phenoxy) is 2. The maximum absolute atomic E-state index is 8.85. The van der Waals surface area contributed by atoms with Crippen LogP contribution in [0, 0.1) is 0 Å². The van der Waals surface area contributed by atoms with Gasteiger partial charge < -0.3 is 19.9 Å². The number of fused-ring (bicyclic) bond motifs is 1. The van der Waals surface area contributed by atoms with Gasteiger partial charge in [-0.2, -0.15) is 5.10 Å². The Bertz CT molecular complexity index is 598. The zero-order valence-corrected chi connectivity index (χ0v) is 11.8. The first-order valence-corrected chi connectivity index (χ1v) is 7.06. The van der Waals surface area contributed by atoms with E-state index in [4.69, 9.17) is 14.6 Å². The quantitative estimate of drug-likeness (QED) is 0.828. The van der Waals surface area contributed by atoms with E-state index < -0.39 is 0 Å². The summed E-state index contributed by atoms with van der Waals surface area (Å²) in [5.74, 6) is 1.63. The minimum absolute atomic E-state index is 0.103. The number of rotatable bonds is 6. The maximum atomic E-state index is 8.85. The summed E-state index contributed by atoms with van der Waals surface area (Å²) in [6, 6.07) is 6.00. The molecule has 0 saturated heterocycles. The van der Waals surface area contributed by atoms with Gasteiger partial charge in [-0.3, -0.25) is 4.68 Å². The van der Waals surface area contributed by atoms with Gasteiger partial charge >= 0.3 is 0 Å². The van der Waals surface area contributed by atoms with E-state index in [0.717, 1.165) is 35.7 Å². The van der Waals surface area contributed by atoms with Crippen LogP contribution in [-0.4, -0.2) is 34.7 Å². The molecule has 21 heavy (non-hydrogen) atoms. The van der Waals surface area contributed by atoms with Crippen LogP contribution in [0.1, 0.15) is 11.1 Å². The average molecular weight is 289 g/mol. The summed E-state index contributed by atoms with van der Waals surface area (Å²) in [6.45, 7) is 3.34. The Hall–Kier alpha value is -2.05. The summed E-state index contributed by atoms with van der Waals surface area (Å²) < 4.78 is 12.8. The molecule has 2 heterocycles. The van der Waals surface area contributed by atoms with Crippen LogP contribution in [0.4, 0.5) is 0 Å². The summed E-state index contributed by atoms with van der Waals surface area (Å²) in [5.41, 5.74) is 2.25. The second-order valence-electron chi connectivity index (χ2n) is 4.92. The van der Waals surface area contributed by atoms with Crippen molar-refractivity contribution in [3.05, 3.63) is 41.7 Å². The summed E-state index contributed by atoms with van der Waals surface area (Å²) in [6.07, 6.45) is 3.75. The molecule has 0 amide bonds. The Morgan fingerprint density at radius 1 is 1.14 bits per heavy atom. The fourth-order valence-electron chi connectivity index (χ4n) is 2.27. The standard InChI is InChI=1S/C15H19N3O3/c19-4-3-18-11-13(10-17-18)9-16-8-12-1-2-14-15(7-12)21-6-5-20-14/h1-2,7,10-11,16,19H,3-6,8-9H2. The highest BCUT2D eigenvalue weighted by Crippen LogP contribution is 2.30. The van der Waals surface area contributed by atoms with Crippen LogP contribution >= 0.6 is 0 Å². The van der Waals surface area contributed by atoms with E-state index in [1.54, 1.807) is 4.68 Å². The van der Waals surface area contributed by atoms with Crippen LogP contribution in [-0.2, 0) is 19.6 Å². The molecule has 0 saturated carbocycles. The fourth-order valence-corrected chi connectivity index (χ4v) is 2.27. The molecule has 0 unspecified atom stereocenters. The number of aliphatic hydroxyl groups is 1. The number of nitrogens with zero attached hydrogens (tertiary/aromatic N) is 2. The topological polar surface area (TPSA) is 68.5 Å². The largest absolute Gasteiger partial charge is 0.486 e. The second kappa shape index (κ2) is 6.60. The molecule has 6 nitrogen and oxygen atoms in total. The molecule has 1 aliphatic rings. The number of hydrogen-bond acceptors (Lipinski definition) is 5. The minimum Gasteiger partial charge on any atom is -0.486 e. The smallest absolute Gasteiger partial charge is 0.161 e. The molecule has 1 aliphatic heterocycles. The first kappa shape index (κ1) is 13.9. The van der Waals surface area contributed by atoms with Crippen molar-refractivity contribution < 1.29 is 14.6 Å². The van der Waals surface area contributed by atoms with Crippen molar-refractivity contribution in [2.24, 2.45) is 0 Å². The molecule has 0 radical (unpaired) electrons. The number of aromatic nitrogens is 2. The lowest BCUT2D eigenvalue weighted by Crippen LogP contribution is -2.16. The van der Waals surface area contributed by atoms with Crippen molar-refractivity contribution in [3.8, 4) is 11.5 Å². The molecule has 6 heteroatoms. The Kier molecular flexibility index (Phi) is 4.37. The molecule has 2 aromatic rings. The highest BCUT2D eigenvalue weighted by atomic mass is 16.6. The molecular weight excluding hydrogens is 270 g/mol. The predicted octanol–water partition coefficient (Wildman–Crippen LogP) is 0.936. The molecule has 0 aliphatic carbocycles. The molecule has 1 aromatic heterocycles. The Balaban J connectivity index is 1.52. The first-order valence-electron chi connectivity index (χ1n) is 7.06. The Labute approximate surface area is 123 Å². The third kappa shape index (κ3) is 3.53. The van der Waals surface area contributed by atoms with E-state index in [-0.39, 0.29) is 6.61 Å². The molecule has 0 bridgehead atoms. The zero-order valence-electron chi connectivity index (χ0n) is 11.8. The van der Waals surface area contributed by atoms with E-state index in [0.29, 0.717) is 19.8 Å². The second-order valence-corrected chi connectivity index (χ2v) is 4.92. The molecule has 1 aromatic carbocycles. The van der Waals surface area contributed by atoms with Crippen molar-refractivity contribution in [1.29, 1.82) is 0 Å². The fraction of sp³-hybridized carbons (Fsp3) is 0.400. The summed E-state index contributed by atoms with van der Waals surface area (Å²) >= 11 is 0. The molecule has 3 rings (SSSR count). The SMILES string of the molecule is OCCn1cc(CNCc2ccc3c(c2)OCCO3)cn1. The van der Waals surface area contributed by atoms with Crippen molar-refractivity contribution >= 4 is 0 Å². The normalized spacial score (nSPS) is 13.4.